The van der Waals surface area contributed by atoms with Gasteiger partial charge < -0.3 is 9.33 Å². The lowest BCUT2D eigenvalue weighted by Crippen LogP contribution is -2.49. The summed E-state index contributed by atoms with van der Waals surface area (Å²) in [6, 6.07) is 25.5. The van der Waals surface area contributed by atoms with Crippen LogP contribution in [0.2, 0.25) is 18.1 Å². The topological polar surface area (TPSA) is 12.5 Å². The Hall–Kier alpha value is -1.58. The van der Waals surface area contributed by atoms with E-state index in [2.05, 4.69) is 86.3 Å². The molecule has 1 atom stereocenters. The first-order valence-electron chi connectivity index (χ1n) is 10.2. The van der Waals surface area contributed by atoms with Crippen LogP contribution >= 0.6 is 0 Å². The Bertz CT molecular complexity index is 663. The SMILES string of the molecule is CC[Si](CC)(CC)OC[C@]1(c2ccccc2)CCCN1c1ccccc1. The molecule has 0 bridgehead atoms. The third kappa shape index (κ3) is 3.60. The van der Waals surface area contributed by atoms with E-state index in [4.69, 9.17) is 4.43 Å². The average molecular weight is 368 g/mol. The van der Waals surface area contributed by atoms with E-state index >= 15 is 0 Å². The van der Waals surface area contributed by atoms with Crippen molar-refractivity contribution in [3.05, 3.63) is 66.2 Å². The number of benzene rings is 2. The van der Waals surface area contributed by atoms with Crippen LogP contribution in [0.5, 0.6) is 0 Å². The van der Waals surface area contributed by atoms with Crippen molar-refractivity contribution in [2.75, 3.05) is 18.1 Å². The Balaban J connectivity index is 1.98. The molecule has 0 unspecified atom stereocenters. The Morgan fingerprint density at radius 2 is 1.46 bits per heavy atom. The summed E-state index contributed by atoms with van der Waals surface area (Å²) in [5.74, 6) is 0. The number of hydrogen-bond donors (Lipinski definition) is 0. The fraction of sp³-hybridized carbons (Fsp3) is 0.478. The number of para-hydroxylation sites is 1. The second kappa shape index (κ2) is 8.41. The highest BCUT2D eigenvalue weighted by Crippen LogP contribution is 2.43. The van der Waals surface area contributed by atoms with Crippen LogP contribution in [0.3, 0.4) is 0 Å². The molecule has 0 radical (unpaired) electrons. The molecule has 0 N–H and O–H groups in total. The summed E-state index contributed by atoms with van der Waals surface area (Å²) in [6.07, 6.45) is 2.37. The van der Waals surface area contributed by atoms with Crippen molar-refractivity contribution in [3.63, 3.8) is 0 Å². The number of anilines is 1. The summed E-state index contributed by atoms with van der Waals surface area (Å²) in [4.78, 5) is 2.60. The van der Waals surface area contributed by atoms with E-state index in [0.717, 1.165) is 19.6 Å². The molecule has 2 nitrogen and oxygen atoms in total. The first kappa shape index (κ1) is 19.2. The van der Waals surface area contributed by atoms with Crippen LogP contribution in [-0.2, 0) is 9.96 Å². The maximum absolute atomic E-state index is 6.87. The van der Waals surface area contributed by atoms with E-state index < -0.39 is 8.32 Å². The van der Waals surface area contributed by atoms with Gasteiger partial charge in [0.15, 0.2) is 8.32 Å². The van der Waals surface area contributed by atoms with Crippen molar-refractivity contribution in [3.8, 4) is 0 Å². The summed E-state index contributed by atoms with van der Waals surface area (Å²) >= 11 is 0. The quantitative estimate of drug-likeness (QED) is 0.515. The summed E-state index contributed by atoms with van der Waals surface area (Å²) in [7, 11) is -1.62. The lowest BCUT2D eigenvalue weighted by molar-refractivity contribution is 0.206. The molecular formula is C23H33NOSi. The highest BCUT2D eigenvalue weighted by atomic mass is 28.4. The Morgan fingerprint density at radius 3 is 2.04 bits per heavy atom. The molecule has 0 saturated carbocycles. The number of rotatable bonds is 8. The van der Waals surface area contributed by atoms with Gasteiger partial charge in [-0.3, -0.25) is 0 Å². The van der Waals surface area contributed by atoms with E-state index in [1.807, 2.05) is 0 Å². The lowest BCUT2D eigenvalue weighted by atomic mass is 9.87. The predicted molar refractivity (Wildman–Crippen MR) is 114 cm³/mol. The second-order valence-electron chi connectivity index (χ2n) is 7.52. The average Bonchev–Trinajstić information content (AvgIpc) is 3.16. The fourth-order valence-electron chi connectivity index (χ4n) is 4.47. The molecule has 140 valence electrons. The summed E-state index contributed by atoms with van der Waals surface area (Å²) in [6.45, 7) is 8.86. The lowest BCUT2D eigenvalue weighted by Gasteiger charge is -2.43. The molecule has 0 amide bonds. The van der Waals surface area contributed by atoms with Gasteiger partial charge in [-0.1, -0.05) is 69.3 Å². The van der Waals surface area contributed by atoms with E-state index in [0.29, 0.717) is 0 Å². The van der Waals surface area contributed by atoms with Crippen LogP contribution in [0.4, 0.5) is 5.69 Å². The molecule has 0 aromatic heterocycles. The molecular weight excluding hydrogens is 334 g/mol. The van der Waals surface area contributed by atoms with Crippen molar-refractivity contribution in [1.29, 1.82) is 0 Å². The molecule has 2 aromatic carbocycles. The van der Waals surface area contributed by atoms with Crippen LogP contribution in [0.1, 0.15) is 39.2 Å². The smallest absolute Gasteiger partial charge is 0.192 e. The minimum Gasteiger partial charge on any atom is -0.414 e. The minimum absolute atomic E-state index is 0.0413. The van der Waals surface area contributed by atoms with E-state index in [9.17, 15) is 0 Å². The van der Waals surface area contributed by atoms with Gasteiger partial charge in [0.25, 0.3) is 0 Å². The Kier molecular flexibility index (Phi) is 6.20. The molecule has 1 saturated heterocycles. The van der Waals surface area contributed by atoms with Gasteiger partial charge in [0, 0.05) is 12.2 Å². The predicted octanol–water partition coefficient (Wildman–Crippen LogP) is 6.20. The summed E-state index contributed by atoms with van der Waals surface area (Å²) < 4.78 is 6.87. The number of hydrogen-bond acceptors (Lipinski definition) is 2. The van der Waals surface area contributed by atoms with E-state index in [-0.39, 0.29) is 5.54 Å². The molecule has 1 aliphatic heterocycles. The zero-order chi connectivity index (χ0) is 18.5. The van der Waals surface area contributed by atoms with E-state index in [1.54, 1.807) is 0 Å². The third-order valence-corrected chi connectivity index (χ3v) is 11.0. The van der Waals surface area contributed by atoms with Crippen LogP contribution in [-0.4, -0.2) is 21.5 Å². The monoisotopic (exact) mass is 367 g/mol. The molecule has 3 heteroatoms. The molecule has 2 aromatic rings. The van der Waals surface area contributed by atoms with Gasteiger partial charge in [-0.25, -0.2) is 0 Å². The highest BCUT2D eigenvalue weighted by molar-refractivity contribution is 6.73. The maximum Gasteiger partial charge on any atom is 0.192 e. The zero-order valence-corrected chi connectivity index (χ0v) is 17.6. The molecule has 1 heterocycles. The third-order valence-electron chi connectivity index (χ3n) is 6.42. The van der Waals surface area contributed by atoms with Crippen molar-refractivity contribution >= 4 is 14.0 Å². The molecule has 1 aliphatic rings. The van der Waals surface area contributed by atoms with Gasteiger partial charge in [0.2, 0.25) is 0 Å². The van der Waals surface area contributed by atoms with Crippen molar-refractivity contribution in [2.24, 2.45) is 0 Å². The molecule has 26 heavy (non-hydrogen) atoms. The van der Waals surface area contributed by atoms with Crippen LogP contribution in [0.15, 0.2) is 60.7 Å². The minimum atomic E-state index is -1.62. The summed E-state index contributed by atoms with van der Waals surface area (Å²) in [5, 5.41) is 0. The summed E-state index contributed by atoms with van der Waals surface area (Å²) in [5.41, 5.74) is 2.67. The zero-order valence-electron chi connectivity index (χ0n) is 16.6. The highest BCUT2D eigenvalue weighted by Gasteiger charge is 2.44. The standard InChI is InChI=1S/C23H33NOSi/c1-4-26(5-2,6-3)25-20-23(21-14-9-7-10-15-21)18-13-19-24(23)22-16-11-8-12-17-22/h7-12,14-17H,4-6,13,18-20H2,1-3H3/t23-/m0/s1. The first-order chi connectivity index (χ1) is 12.7. The van der Waals surface area contributed by atoms with Crippen molar-refractivity contribution in [1.82, 2.24) is 0 Å². The Labute approximate surface area is 160 Å². The first-order valence-corrected chi connectivity index (χ1v) is 12.7. The van der Waals surface area contributed by atoms with Gasteiger partial charge in [-0.05, 0) is 48.7 Å². The Morgan fingerprint density at radius 1 is 0.885 bits per heavy atom. The molecule has 3 rings (SSSR count). The molecule has 1 fully saturated rings. The largest absolute Gasteiger partial charge is 0.414 e. The number of nitrogens with zero attached hydrogens (tertiary/aromatic N) is 1. The second-order valence-corrected chi connectivity index (χ2v) is 12.3. The molecule has 0 aliphatic carbocycles. The van der Waals surface area contributed by atoms with Gasteiger partial charge in [0.1, 0.15) is 0 Å². The van der Waals surface area contributed by atoms with Crippen LogP contribution in [0.25, 0.3) is 0 Å². The van der Waals surface area contributed by atoms with Gasteiger partial charge in [-0.15, -0.1) is 0 Å². The normalized spacial score (nSPS) is 20.5. The van der Waals surface area contributed by atoms with Gasteiger partial charge in [0.05, 0.1) is 12.1 Å². The van der Waals surface area contributed by atoms with Crippen molar-refractivity contribution < 1.29 is 4.43 Å². The molecule has 0 spiro atoms. The van der Waals surface area contributed by atoms with Gasteiger partial charge in [-0.2, -0.15) is 0 Å². The fourth-order valence-corrected chi connectivity index (χ4v) is 7.13. The van der Waals surface area contributed by atoms with Gasteiger partial charge >= 0.3 is 0 Å². The van der Waals surface area contributed by atoms with Crippen LogP contribution < -0.4 is 4.90 Å². The van der Waals surface area contributed by atoms with E-state index in [1.165, 1.54) is 35.8 Å². The van der Waals surface area contributed by atoms with Crippen LogP contribution in [0, 0.1) is 0 Å². The van der Waals surface area contributed by atoms with Crippen molar-refractivity contribution in [2.45, 2.75) is 57.3 Å². The maximum atomic E-state index is 6.87.